The second kappa shape index (κ2) is 13.6. The fourth-order valence-electron chi connectivity index (χ4n) is 4.80. The fraction of sp³-hybridized carbons (Fsp3) is 0.333. The van der Waals surface area contributed by atoms with Crippen LogP contribution in [0.4, 0.5) is 0 Å². The van der Waals surface area contributed by atoms with Crippen molar-refractivity contribution in [3.05, 3.63) is 131 Å². The maximum absolute atomic E-state index is 6.20. The molecule has 0 bridgehead atoms. The van der Waals surface area contributed by atoms with Crippen LogP contribution in [0.5, 0.6) is 5.75 Å². The van der Waals surface area contributed by atoms with E-state index in [0.29, 0.717) is 13.2 Å². The summed E-state index contributed by atoms with van der Waals surface area (Å²) in [6.45, 7) is 11.0. The van der Waals surface area contributed by atoms with Crippen LogP contribution in [0.1, 0.15) is 43.4 Å². The molecule has 2 saturated heterocycles. The minimum Gasteiger partial charge on any atom is -0.490 e. The smallest absolute Gasteiger partial charge is 0.125 e. The van der Waals surface area contributed by atoms with Crippen molar-refractivity contribution in [2.24, 2.45) is 0 Å². The van der Waals surface area contributed by atoms with E-state index >= 15 is 0 Å². The van der Waals surface area contributed by atoms with Gasteiger partial charge in [0.2, 0.25) is 0 Å². The van der Waals surface area contributed by atoms with Crippen molar-refractivity contribution in [1.29, 1.82) is 0 Å². The van der Waals surface area contributed by atoms with E-state index in [-0.39, 0.29) is 12.2 Å². The van der Waals surface area contributed by atoms with Crippen LogP contribution in [-0.2, 0) is 27.1 Å². The molecule has 208 valence electrons. The summed E-state index contributed by atoms with van der Waals surface area (Å²) in [6.07, 6.45) is 17.1. The maximum atomic E-state index is 6.20. The van der Waals surface area contributed by atoms with Gasteiger partial charge in [-0.15, -0.1) is 0 Å². The van der Waals surface area contributed by atoms with Crippen molar-refractivity contribution in [2.75, 3.05) is 26.4 Å². The van der Waals surface area contributed by atoms with Crippen LogP contribution in [0.15, 0.2) is 114 Å². The summed E-state index contributed by atoms with van der Waals surface area (Å²) in [6, 6.07) is 17.3. The normalized spacial score (nSPS) is 20.6. The Balaban J connectivity index is 1.26. The second-order valence-corrected chi connectivity index (χ2v) is 10.6. The van der Waals surface area contributed by atoms with Gasteiger partial charge in [0.1, 0.15) is 36.9 Å². The van der Waals surface area contributed by atoms with E-state index < -0.39 is 0 Å². The highest BCUT2D eigenvalue weighted by Crippen LogP contribution is 2.28. The Hall–Kier alpha value is -3.60. The van der Waals surface area contributed by atoms with Crippen molar-refractivity contribution in [3.8, 4) is 5.75 Å². The first-order valence-electron chi connectivity index (χ1n) is 14.4. The van der Waals surface area contributed by atoms with Crippen molar-refractivity contribution in [2.45, 2.75) is 51.7 Å². The molecule has 5 rings (SSSR count). The van der Waals surface area contributed by atoms with Gasteiger partial charge in [-0.05, 0) is 64.8 Å². The lowest BCUT2D eigenvalue weighted by Gasteiger charge is -2.16. The van der Waals surface area contributed by atoms with Gasteiger partial charge in [0.15, 0.2) is 0 Å². The SMILES string of the molecule is C=C/C(C)=C(OCC1CO1)\C(=C/CC)Cc1ccc(C2=CC=C(Cc3ccccc3OCC3CO3)C=CC2)cc1. The Kier molecular flexibility index (Phi) is 9.54. The molecule has 0 amide bonds. The third kappa shape index (κ3) is 7.97. The van der Waals surface area contributed by atoms with E-state index in [1.54, 1.807) is 0 Å². The summed E-state index contributed by atoms with van der Waals surface area (Å²) in [5.74, 6) is 1.87. The number of ether oxygens (including phenoxy) is 4. The van der Waals surface area contributed by atoms with Crippen molar-refractivity contribution >= 4 is 5.57 Å². The van der Waals surface area contributed by atoms with E-state index in [1.165, 1.54) is 33.4 Å². The van der Waals surface area contributed by atoms with E-state index in [0.717, 1.165) is 56.0 Å². The average Bonchev–Trinajstić information content (AvgIpc) is 3.88. The molecule has 2 aromatic carbocycles. The van der Waals surface area contributed by atoms with Crippen LogP contribution in [0.2, 0.25) is 0 Å². The summed E-state index contributed by atoms with van der Waals surface area (Å²) >= 11 is 0. The lowest BCUT2D eigenvalue weighted by Crippen LogP contribution is -2.07. The summed E-state index contributed by atoms with van der Waals surface area (Å²) < 4.78 is 22.9. The van der Waals surface area contributed by atoms with Gasteiger partial charge in [0.05, 0.1) is 13.2 Å². The lowest BCUT2D eigenvalue weighted by molar-refractivity contribution is 0.186. The number of hydrogen-bond donors (Lipinski definition) is 0. The monoisotopic (exact) mass is 536 g/mol. The number of hydrogen-bond acceptors (Lipinski definition) is 4. The minimum atomic E-state index is 0.219. The minimum absolute atomic E-state index is 0.219. The molecular weight excluding hydrogens is 496 g/mol. The van der Waals surface area contributed by atoms with Crippen molar-refractivity contribution < 1.29 is 18.9 Å². The molecule has 4 nitrogen and oxygen atoms in total. The van der Waals surface area contributed by atoms with Gasteiger partial charge in [-0.1, -0.05) is 92.4 Å². The van der Waals surface area contributed by atoms with Gasteiger partial charge >= 0.3 is 0 Å². The Morgan fingerprint density at radius 1 is 1.00 bits per heavy atom. The first-order valence-corrected chi connectivity index (χ1v) is 14.4. The molecule has 0 saturated carbocycles. The predicted octanol–water partition coefficient (Wildman–Crippen LogP) is 7.73. The van der Waals surface area contributed by atoms with Crippen molar-refractivity contribution in [3.63, 3.8) is 0 Å². The number of allylic oxidation sites excluding steroid dienone is 10. The lowest BCUT2D eigenvalue weighted by atomic mass is 9.96. The van der Waals surface area contributed by atoms with Crippen LogP contribution in [0, 0.1) is 0 Å². The summed E-state index contributed by atoms with van der Waals surface area (Å²) in [5, 5.41) is 0. The summed E-state index contributed by atoms with van der Waals surface area (Å²) in [5.41, 5.74) is 8.55. The zero-order valence-corrected chi connectivity index (χ0v) is 23.7. The van der Waals surface area contributed by atoms with Crippen LogP contribution in [0.3, 0.4) is 0 Å². The Bertz CT molecular complexity index is 1330. The van der Waals surface area contributed by atoms with Gasteiger partial charge in [-0.2, -0.15) is 0 Å². The summed E-state index contributed by atoms with van der Waals surface area (Å²) in [7, 11) is 0. The molecule has 0 N–H and O–H groups in total. The van der Waals surface area contributed by atoms with E-state index in [4.69, 9.17) is 18.9 Å². The second-order valence-electron chi connectivity index (χ2n) is 10.6. The zero-order valence-electron chi connectivity index (χ0n) is 23.7. The Labute approximate surface area is 239 Å². The summed E-state index contributed by atoms with van der Waals surface area (Å²) in [4.78, 5) is 0. The predicted molar refractivity (Wildman–Crippen MR) is 162 cm³/mol. The first-order chi connectivity index (χ1) is 19.6. The largest absolute Gasteiger partial charge is 0.490 e. The molecule has 0 radical (unpaired) electrons. The van der Waals surface area contributed by atoms with E-state index in [9.17, 15) is 0 Å². The average molecular weight is 537 g/mol. The molecule has 1 aliphatic carbocycles. The van der Waals surface area contributed by atoms with Gasteiger partial charge in [0, 0.05) is 12.8 Å². The Morgan fingerprint density at radius 3 is 2.48 bits per heavy atom. The number of rotatable bonds is 14. The van der Waals surface area contributed by atoms with Crippen LogP contribution in [0.25, 0.3) is 5.57 Å². The van der Waals surface area contributed by atoms with Crippen molar-refractivity contribution in [1.82, 2.24) is 0 Å². The fourth-order valence-corrected chi connectivity index (χ4v) is 4.80. The third-order valence-corrected chi connectivity index (χ3v) is 7.30. The first kappa shape index (κ1) is 27.9. The molecule has 0 aromatic heterocycles. The molecule has 3 aliphatic rings. The van der Waals surface area contributed by atoms with E-state index in [1.807, 2.05) is 18.2 Å². The van der Waals surface area contributed by atoms with Gasteiger partial charge in [0.25, 0.3) is 0 Å². The molecule has 40 heavy (non-hydrogen) atoms. The molecule has 2 atom stereocenters. The topological polar surface area (TPSA) is 43.5 Å². The van der Waals surface area contributed by atoms with Gasteiger partial charge in [-0.25, -0.2) is 0 Å². The van der Waals surface area contributed by atoms with Crippen LogP contribution >= 0.6 is 0 Å². The van der Waals surface area contributed by atoms with Crippen LogP contribution in [-0.4, -0.2) is 38.6 Å². The Morgan fingerprint density at radius 2 is 1.75 bits per heavy atom. The van der Waals surface area contributed by atoms with Gasteiger partial charge < -0.3 is 18.9 Å². The molecule has 2 unspecified atom stereocenters. The molecule has 2 fully saturated rings. The third-order valence-electron chi connectivity index (χ3n) is 7.30. The maximum Gasteiger partial charge on any atom is 0.125 e. The van der Waals surface area contributed by atoms with Gasteiger partial charge in [-0.3, -0.25) is 0 Å². The molecule has 2 heterocycles. The molecular formula is C36H40O4. The number of benzene rings is 2. The molecule has 2 aromatic rings. The standard InChI is InChI=1S/C36H40O4/c1-4-9-32(36(26(3)5-2)40-25-34-23-38-34)21-28-15-18-30(19-16-28)29-12-8-10-27(14-17-29)20-31-11-6-7-13-35(31)39-24-33-22-37-33/h5-11,13-19,33-34H,2,4,12,20-25H2,1,3H3/b32-9-,36-26+. The highest BCUT2D eigenvalue weighted by molar-refractivity contribution is 5.70. The quantitative estimate of drug-likeness (QED) is 0.141. The van der Waals surface area contributed by atoms with Crippen LogP contribution < -0.4 is 4.74 Å². The zero-order chi connectivity index (χ0) is 27.7. The molecule has 0 spiro atoms. The molecule has 2 aliphatic heterocycles. The highest BCUT2D eigenvalue weighted by atomic mass is 16.6. The highest BCUT2D eigenvalue weighted by Gasteiger charge is 2.25. The van der Waals surface area contributed by atoms with E-state index in [2.05, 4.69) is 87.2 Å². The number of para-hydroxylation sites is 1. The molecule has 4 heteroatoms. The number of epoxide rings is 2.